The van der Waals surface area contributed by atoms with Crippen molar-refractivity contribution < 1.29 is 4.79 Å². The van der Waals surface area contributed by atoms with E-state index in [1.807, 2.05) is 0 Å². The summed E-state index contributed by atoms with van der Waals surface area (Å²) in [6.45, 7) is 0.380. The lowest BCUT2D eigenvalue weighted by Gasteiger charge is -2.03. The first-order chi connectivity index (χ1) is 6.22. The zero-order valence-corrected chi connectivity index (χ0v) is 7.37. The van der Waals surface area contributed by atoms with Crippen LogP contribution >= 0.6 is 0 Å². The van der Waals surface area contributed by atoms with Crippen LogP contribution in [0.2, 0.25) is 0 Å². The highest BCUT2D eigenvalue weighted by molar-refractivity contribution is 5.73. The van der Waals surface area contributed by atoms with Gasteiger partial charge < -0.3 is 16.4 Å². The Bertz CT molecular complexity index is 300. The number of rotatable bonds is 2. The van der Waals surface area contributed by atoms with Crippen molar-refractivity contribution in [2.45, 2.75) is 6.54 Å². The summed E-state index contributed by atoms with van der Waals surface area (Å²) in [6, 6.07) is 3.18. The molecule has 0 unspecified atom stereocenters. The Labute approximate surface area is 76.3 Å². The van der Waals surface area contributed by atoms with Crippen LogP contribution in [0.25, 0.3) is 0 Å². The van der Waals surface area contributed by atoms with Crippen LogP contribution in [-0.4, -0.2) is 18.1 Å². The van der Waals surface area contributed by atoms with Gasteiger partial charge in [-0.05, 0) is 12.1 Å². The summed E-state index contributed by atoms with van der Waals surface area (Å²) < 4.78 is 0. The monoisotopic (exact) mass is 180 g/mol. The molecular weight excluding hydrogens is 168 g/mol. The van der Waals surface area contributed by atoms with Gasteiger partial charge in [-0.15, -0.1) is 0 Å². The molecule has 0 aliphatic carbocycles. The Kier molecular flexibility index (Phi) is 3.08. The summed E-state index contributed by atoms with van der Waals surface area (Å²) in [6.07, 6.45) is 1.61. The molecule has 4 N–H and O–H groups in total. The number of nitrogen functional groups attached to an aromatic ring is 1. The number of anilines is 1. The van der Waals surface area contributed by atoms with Crippen LogP contribution in [0.5, 0.6) is 0 Å². The highest BCUT2D eigenvalue weighted by atomic mass is 16.2. The highest BCUT2D eigenvalue weighted by Gasteiger charge is 1.97. The first-order valence-corrected chi connectivity index (χ1v) is 3.88. The molecule has 0 saturated carbocycles. The Balaban J connectivity index is 2.50. The maximum Gasteiger partial charge on any atom is 0.314 e. The molecule has 0 bridgehead atoms. The third-order valence-electron chi connectivity index (χ3n) is 1.50. The number of nitrogens with zero attached hydrogens (tertiary/aromatic N) is 1. The zero-order chi connectivity index (χ0) is 9.68. The Morgan fingerprint density at radius 2 is 2.46 bits per heavy atom. The second kappa shape index (κ2) is 4.30. The van der Waals surface area contributed by atoms with Gasteiger partial charge in [-0.2, -0.15) is 0 Å². The molecule has 5 nitrogen and oxygen atoms in total. The molecule has 0 atom stereocenters. The molecule has 0 spiro atoms. The van der Waals surface area contributed by atoms with Crippen LogP contribution in [-0.2, 0) is 6.54 Å². The first kappa shape index (κ1) is 9.31. The molecule has 13 heavy (non-hydrogen) atoms. The van der Waals surface area contributed by atoms with E-state index < -0.39 is 0 Å². The number of carbonyl (C=O) groups excluding carboxylic acids is 1. The molecule has 70 valence electrons. The lowest BCUT2D eigenvalue weighted by molar-refractivity contribution is 0.242. The summed E-state index contributed by atoms with van der Waals surface area (Å²) in [5.74, 6) is 0. The van der Waals surface area contributed by atoms with Crippen LogP contribution in [0.4, 0.5) is 10.5 Å². The van der Waals surface area contributed by atoms with E-state index in [1.165, 1.54) is 0 Å². The minimum Gasteiger partial charge on any atom is -0.399 e. The van der Waals surface area contributed by atoms with Crippen LogP contribution < -0.4 is 16.4 Å². The molecule has 0 aliphatic heterocycles. The summed E-state index contributed by atoms with van der Waals surface area (Å²) >= 11 is 0. The molecule has 0 saturated heterocycles. The SMILES string of the molecule is CNC(=O)NCc1cc(N)ccn1. The lowest BCUT2D eigenvalue weighted by atomic mass is 10.3. The van der Waals surface area contributed by atoms with Crippen molar-refractivity contribution in [2.75, 3.05) is 12.8 Å². The van der Waals surface area contributed by atoms with Gasteiger partial charge in [0.2, 0.25) is 0 Å². The van der Waals surface area contributed by atoms with Gasteiger partial charge in [-0.3, -0.25) is 4.98 Å². The van der Waals surface area contributed by atoms with Gasteiger partial charge >= 0.3 is 6.03 Å². The van der Waals surface area contributed by atoms with E-state index in [-0.39, 0.29) is 6.03 Å². The van der Waals surface area contributed by atoms with Crippen molar-refractivity contribution in [1.29, 1.82) is 0 Å². The molecular formula is C8H12N4O. The van der Waals surface area contributed by atoms with Crippen LogP contribution in [0.1, 0.15) is 5.69 Å². The molecule has 0 fully saturated rings. The van der Waals surface area contributed by atoms with Crippen molar-refractivity contribution in [3.05, 3.63) is 24.0 Å². The van der Waals surface area contributed by atoms with E-state index in [9.17, 15) is 4.79 Å². The van der Waals surface area contributed by atoms with Crippen molar-refractivity contribution >= 4 is 11.7 Å². The molecule has 1 heterocycles. The minimum absolute atomic E-state index is 0.232. The van der Waals surface area contributed by atoms with Crippen molar-refractivity contribution in [1.82, 2.24) is 15.6 Å². The molecule has 2 amide bonds. The van der Waals surface area contributed by atoms with Gasteiger partial charge in [0.25, 0.3) is 0 Å². The van der Waals surface area contributed by atoms with E-state index in [1.54, 1.807) is 25.4 Å². The van der Waals surface area contributed by atoms with Crippen molar-refractivity contribution in [3.63, 3.8) is 0 Å². The molecule has 1 aromatic rings. The average molecular weight is 180 g/mol. The van der Waals surface area contributed by atoms with Crippen LogP contribution in [0.3, 0.4) is 0 Å². The number of nitrogens with one attached hydrogen (secondary N) is 2. The quantitative estimate of drug-likeness (QED) is 0.603. The Morgan fingerprint density at radius 1 is 1.69 bits per heavy atom. The molecule has 5 heteroatoms. The normalized spacial score (nSPS) is 9.31. The average Bonchev–Trinajstić information content (AvgIpc) is 2.14. The number of hydrogen-bond donors (Lipinski definition) is 3. The van der Waals surface area contributed by atoms with E-state index in [4.69, 9.17) is 5.73 Å². The van der Waals surface area contributed by atoms with Crippen LogP contribution in [0.15, 0.2) is 18.3 Å². The maximum atomic E-state index is 10.8. The second-order valence-corrected chi connectivity index (χ2v) is 2.51. The Hall–Kier alpha value is -1.78. The first-order valence-electron chi connectivity index (χ1n) is 3.88. The lowest BCUT2D eigenvalue weighted by Crippen LogP contribution is -2.32. The smallest absolute Gasteiger partial charge is 0.314 e. The number of aromatic nitrogens is 1. The standard InChI is InChI=1S/C8H12N4O/c1-10-8(13)12-5-7-4-6(9)2-3-11-7/h2-4H,5H2,1H3,(H2,9,11)(H2,10,12,13). The summed E-state index contributed by atoms with van der Waals surface area (Å²) in [4.78, 5) is 14.8. The number of nitrogens with two attached hydrogens (primary N) is 1. The number of hydrogen-bond acceptors (Lipinski definition) is 3. The summed E-state index contributed by atoms with van der Waals surface area (Å²) in [5.41, 5.74) is 6.91. The Morgan fingerprint density at radius 3 is 3.08 bits per heavy atom. The zero-order valence-electron chi connectivity index (χ0n) is 7.37. The van der Waals surface area contributed by atoms with Gasteiger partial charge in [0.15, 0.2) is 0 Å². The number of urea groups is 1. The fourth-order valence-electron chi connectivity index (χ4n) is 0.853. The summed E-state index contributed by atoms with van der Waals surface area (Å²) in [5, 5.41) is 5.05. The number of amides is 2. The van der Waals surface area contributed by atoms with Gasteiger partial charge in [0.05, 0.1) is 12.2 Å². The second-order valence-electron chi connectivity index (χ2n) is 2.51. The third kappa shape index (κ3) is 2.98. The fraction of sp³-hybridized carbons (Fsp3) is 0.250. The molecule has 0 radical (unpaired) electrons. The number of pyridine rings is 1. The van der Waals surface area contributed by atoms with E-state index in [0.717, 1.165) is 5.69 Å². The van der Waals surface area contributed by atoms with Crippen molar-refractivity contribution in [2.24, 2.45) is 0 Å². The molecule has 1 aromatic heterocycles. The van der Waals surface area contributed by atoms with E-state index in [2.05, 4.69) is 15.6 Å². The minimum atomic E-state index is -0.232. The van der Waals surface area contributed by atoms with Crippen molar-refractivity contribution in [3.8, 4) is 0 Å². The maximum absolute atomic E-state index is 10.8. The largest absolute Gasteiger partial charge is 0.399 e. The fourth-order valence-corrected chi connectivity index (χ4v) is 0.853. The predicted octanol–water partition coefficient (Wildman–Crippen LogP) is 0.0928. The summed E-state index contributed by atoms with van der Waals surface area (Å²) in [7, 11) is 1.56. The van der Waals surface area contributed by atoms with E-state index >= 15 is 0 Å². The highest BCUT2D eigenvalue weighted by Crippen LogP contribution is 2.01. The van der Waals surface area contributed by atoms with E-state index in [0.29, 0.717) is 12.2 Å². The molecule has 1 rings (SSSR count). The topological polar surface area (TPSA) is 80.0 Å². The molecule has 0 aliphatic rings. The molecule has 0 aromatic carbocycles. The predicted molar refractivity (Wildman–Crippen MR) is 49.9 cm³/mol. The van der Waals surface area contributed by atoms with Gasteiger partial charge in [0, 0.05) is 18.9 Å². The van der Waals surface area contributed by atoms with Crippen LogP contribution in [0, 0.1) is 0 Å². The number of carbonyl (C=O) groups is 1. The van der Waals surface area contributed by atoms with Gasteiger partial charge in [-0.1, -0.05) is 0 Å². The van der Waals surface area contributed by atoms with Gasteiger partial charge in [-0.25, -0.2) is 4.79 Å². The van der Waals surface area contributed by atoms with Gasteiger partial charge in [0.1, 0.15) is 0 Å². The third-order valence-corrected chi connectivity index (χ3v) is 1.50.